The number of epoxide rings is 1. The fourth-order valence-corrected chi connectivity index (χ4v) is 3.46. The summed E-state index contributed by atoms with van der Waals surface area (Å²) in [6.45, 7) is 9.18. The molecule has 152 valence electrons. The lowest BCUT2D eigenvalue weighted by atomic mass is 9.62. The van der Waals surface area contributed by atoms with Crippen LogP contribution in [0, 0.1) is 11.8 Å². The van der Waals surface area contributed by atoms with E-state index in [2.05, 4.69) is 11.8 Å². The molecule has 28 heavy (non-hydrogen) atoms. The van der Waals surface area contributed by atoms with Crippen molar-refractivity contribution in [3.63, 3.8) is 0 Å². The summed E-state index contributed by atoms with van der Waals surface area (Å²) in [4.78, 5) is 0. The lowest BCUT2D eigenvalue weighted by Crippen LogP contribution is -2.49. The molecule has 0 unspecified atom stereocenters. The molecule has 3 nitrogen and oxygen atoms in total. The minimum Gasteiger partial charge on any atom is -0.401 e. The molecule has 2 saturated heterocycles. The lowest BCUT2D eigenvalue weighted by Gasteiger charge is -2.32. The molecule has 0 radical (unpaired) electrons. The molecule has 0 bridgehead atoms. The predicted molar refractivity (Wildman–Crippen MR) is 102 cm³/mol. The van der Waals surface area contributed by atoms with Gasteiger partial charge in [-0.15, -0.1) is 0 Å². The largest absolute Gasteiger partial charge is 0.496 e. The first-order valence-electron chi connectivity index (χ1n) is 9.61. The van der Waals surface area contributed by atoms with Gasteiger partial charge in [0.1, 0.15) is 0 Å². The Balaban J connectivity index is 2.03. The van der Waals surface area contributed by atoms with Gasteiger partial charge in [-0.3, -0.25) is 0 Å². The summed E-state index contributed by atoms with van der Waals surface area (Å²) in [5.41, 5.74) is -5.29. The van der Waals surface area contributed by atoms with Crippen LogP contribution in [0.5, 0.6) is 0 Å². The van der Waals surface area contributed by atoms with E-state index in [-0.39, 0.29) is 6.42 Å². The molecule has 2 aliphatic rings. The van der Waals surface area contributed by atoms with Gasteiger partial charge in [0, 0.05) is 5.56 Å². The van der Waals surface area contributed by atoms with Crippen LogP contribution in [-0.2, 0) is 14.0 Å². The number of hydrogen-bond acceptors (Lipinski definition) is 3. The lowest BCUT2D eigenvalue weighted by molar-refractivity contribution is -0.167. The monoisotopic (exact) mass is 394 g/mol. The van der Waals surface area contributed by atoms with Crippen molar-refractivity contribution < 1.29 is 27.2 Å². The quantitative estimate of drug-likeness (QED) is 0.412. The van der Waals surface area contributed by atoms with E-state index in [1.54, 1.807) is 30.3 Å². The number of unbranched alkanes of at least 4 members (excludes halogenated alkanes) is 1. The number of benzene rings is 1. The summed E-state index contributed by atoms with van der Waals surface area (Å²) in [6.07, 6.45) is -3.24. The van der Waals surface area contributed by atoms with Crippen molar-refractivity contribution >= 4 is 7.12 Å². The minimum absolute atomic E-state index is 0.156. The third-order valence-electron chi connectivity index (χ3n) is 5.98. The molecule has 7 heteroatoms. The number of alkyl halides is 3. The van der Waals surface area contributed by atoms with Crippen LogP contribution in [0.2, 0.25) is 0 Å². The zero-order valence-electron chi connectivity index (χ0n) is 16.9. The van der Waals surface area contributed by atoms with Gasteiger partial charge in [-0.2, -0.15) is 13.2 Å². The Bertz CT molecular complexity index is 766. The standard InChI is InChI=1S/C21H26BF3O3/c1-6-7-14-20(22-27-17(2,3)18(4,5)28-22)19(26-20,21(23,24)25)15-13-16-11-9-8-10-12-16/h8-12H,6-7,14H2,1-5H3/t19-,20+/m1/s1. The summed E-state index contributed by atoms with van der Waals surface area (Å²) in [5, 5.41) is 0. The molecular formula is C21H26BF3O3. The van der Waals surface area contributed by atoms with Crippen molar-refractivity contribution in [2.24, 2.45) is 0 Å². The van der Waals surface area contributed by atoms with Crippen LogP contribution in [0.4, 0.5) is 13.2 Å². The molecule has 3 rings (SSSR count). The summed E-state index contributed by atoms with van der Waals surface area (Å²) >= 11 is 0. The average molecular weight is 394 g/mol. The van der Waals surface area contributed by atoms with Gasteiger partial charge in [0.05, 0.1) is 11.2 Å². The first kappa shape index (κ1) is 21.2. The van der Waals surface area contributed by atoms with Crippen LogP contribution in [-0.4, -0.2) is 35.6 Å². The maximum absolute atomic E-state index is 14.2. The summed E-state index contributed by atoms with van der Waals surface area (Å²) in [7, 11) is -1.14. The average Bonchev–Trinajstić information content (AvgIpc) is 3.22. The number of rotatable bonds is 4. The summed E-state index contributed by atoms with van der Waals surface area (Å²) < 4.78 is 60.1. The molecule has 2 fully saturated rings. The van der Waals surface area contributed by atoms with Crippen molar-refractivity contribution in [1.82, 2.24) is 0 Å². The van der Waals surface area contributed by atoms with Gasteiger partial charge in [0.2, 0.25) is 0 Å². The maximum Gasteiger partial charge on any atom is 0.496 e. The van der Waals surface area contributed by atoms with Crippen LogP contribution in [0.3, 0.4) is 0 Å². The highest BCUT2D eigenvalue weighted by molar-refractivity contribution is 6.51. The van der Waals surface area contributed by atoms with Gasteiger partial charge in [-0.05, 0) is 46.2 Å². The van der Waals surface area contributed by atoms with E-state index < -0.39 is 35.6 Å². The molecule has 2 heterocycles. The third-order valence-corrected chi connectivity index (χ3v) is 5.98. The Labute approximate surface area is 165 Å². The van der Waals surface area contributed by atoms with Crippen molar-refractivity contribution in [3.8, 4) is 11.8 Å². The Morgan fingerprint density at radius 2 is 1.57 bits per heavy atom. The number of halogens is 3. The molecule has 0 aromatic heterocycles. The van der Waals surface area contributed by atoms with E-state index in [1.165, 1.54) is 0 Å². The summed E-state index contributed by atoms with van der Waals surface area (Å²) in [6, 6.07) is 8.59. The Morgan fingerprint density at radius 3 is 2.07 bits per heavy atom. The second-order valence-electron chi connectivity index (χ2n) is 8.48. The Hall–Kier alpha value is -1.49. The van der Waals surface area contributed by atoms with Gasteiger partial charge >= 0.3 is 13.3 Å². The van der Waals surface area contributed by atoms with Gasteiger partial charge in [-0.25, -0.2) is 0 Å². The Morgan fingerprint density at radius 1 is 1.00 bits per heavy atom. The molecule has 0 aliphatic carbocycles. The van der Waals surface area contributed by atoms with Crippen LogP contribution in [0.25, 0.3) is 0 Å². The van der Waals surface area contributed by atoms with Crippen molar-refractivity contribution in [1.29, 1.82) is 0 Å². The molecular weight excluding hydrogens is 368 g/mol. The first-order valence-corrected chi connectivity index (χ1v) is 9.61. The van der Waals surface area contributed by atoms with E-state index in [4.69, 9.17) is 14.0 Å². The fraction of sp³-hybridized carbons (Fsp3) is 0.619. The van der Waals surface area contributed by atoms with Gasteiger partial charge in [-0.1, -0.05) is 49.8 Å². The van der Waals surface area contributed by atoms with Crippen LogP contribution in [0.15, 0.2) is 30.3 Å². The van der Waals surface area contributed by atoms with Gasteiger partial charge < -0.3 is 14.0 Å². The molecule has 1 aromatic carbocycles. The van der Waals surface area contributed by atoms with Crippen LogP contribution in [0.1, 0.15) is 59.4 Å². The Kier molecular flexibility index (Phi) is 5.15. The molecule has 2 atom stereocenters. The van der Waals surface area contributed by atoms with Gasteiger partial charge in [0.15, 0.2) is 5.50 Å². The molecule has 0 amide bonds. The normalized spacial score (nSPS) is 30.6. The van der Waals surface area contributed by atoms with Crippen molar-refractivity contribution in [2.75, 3.05) is 0 Å². The molecule has 1 aromatic rings. The van der Waals surface area contributed by atoms with E-state index in [0.717, 1.165) is 6.42 Å². The number of hydrogen-bond donors (Lipinski definition) is 0. The van der Waals surface area contributed by atoms with Crippen LogP contribution < -0.4 is 0 Å². The first-order chi connectivity index (χ1) is 12.9. The zero-order valence-corrected chi connectivity index (χ0v) is 16.9. The zero-order chi connectivity index (χ0) is 20.8. The highest BCUT2D eigenvalue weighted by Gasteiger charge is 2.88. The molecule has 2 aliphatic heterocycles. The maximum atomic E-state index is 14.2. The van der Waals surface area contributed by atoms with Crippen molar-refractivity contribution in [3.05, 3.63) is 35.9 Å². The highest BCUT2D eigenvalue weighted by atomic mass is 19.4. The molecule has 0 spiro atoms. The molecule has 0 saturated carbocycles. The minimum atomic E-state index is -4.67. The smallest absolute Gasteiger partial charge is 0.401 e. The topological polar surface area (TPSA) is 31.0 Å². The van der Waals surface area contributed by atoms with E-state index in [0.29, 0.717) is 12.0 Å². The van der Waals surface area contributed by atoms with E-state index in [9.17, 15) is 13.2 Å². The second kappa shape index (κ2) is 6.79. The number of ether oxygens (including phenoxy) is 1. The summed E-state index contributed by atoms with van der Waals surface area (Å²) in [5.74, 6) is 5.04. The molecule has 0 N–H and O–H groups in total. The second-order valence-corrected chi connectivity index (χ2v) is 8.48. The van der Waals surface area contributed by atoms with E-state index in [1.807, 2.05) is 34.6 Å². The van der Waals surface area contributed by atoms with Crippen molar-refractivity contribution in [2.45, 2.75) is 82.4 Å². The van der Waals surface area contributed by atoms with E-state index >= 15 is 0 Å². The van der Waals surface area contributed by atoms with Crippen LogP contribution >= 0.6 is 0 Å². The predicted octanol–water partition coefficient (Wildman–Crippen LogP) is 4.93. The SMILES string of the molecule is CCCC[C@]1(B2OC(C)(C)C(C)(C)O2)O[C@@]1(C#Cc1ccccc1)C(F)(F)F. The third kappa shape index (κ3) is 3.26. The highest BCUT2D eigenvalue weighted by Crippen LogP contribution is 2.63. The fourth-order valence-electron chi connectivity index (χ4n) is 3.46. The van der Waals surface area contributed by atoms with Gasteiger partial charge in [0.25, 0.3) is 5.60 Å².